The van der Waals surface area contributed by atoms with Crippen molar-refractivity contribution in [2.45, 2.75) is 11.4 Å². The second-order valence-electron chi connectivity index (χ2n) is 2.95. The van der Waals surface area contributed by atoms with Gasteiger partial charge in [0.05, 0.1) is 5.37 Å². The maximum atomic E-state index is 10.7. The van der Waals surface area contributed by atoms with Crippen LogP contribution in [-0.4, -0.2) is 22.9 Å². The fourth-order valence-electron chi connectivity index (χ4n) is 1.27. The zero-order valence-corrected chi connectivity index (χ0v) is 10.3. The molecule has 2 N–H and O–H groups in total. The highest BCUT2D eigenvalue weighted by atomic mass is 79.9. The molecular weight excluding hydrogens is 286 g/mol. The Morgan fingerprint density at radius 3 is 2.93 bits per heavy atom. The van der Waals surface area contributed by atoms with E-state index in [2.05, 4.69) is 21.2 Å². The lowest BCUT2D eigenvalue weighted by Crippen LogP contribution is -2.33. The molecule has 0 aliphatic carbocycles. The molecule has 0 amide bonds. The predicted molar refractivity (Wildman–Crippen MR) is 61.8 cm³/mol. The van der Waals surface area contributed by atoms with Gasteiger partial charge in [0.1, 0.15) is 6.04 Å². The zero-order valence-electron chi connectivity index (χ0n) is 7.07. The van der Waals surface area contributed by atoms with E-state index >= 15 is 0 Å². The lowest BCUT2D eigenvalue weighted by Gasteiger charge is -2.09. The molecule has 1 aromatic rings. The van der Waals surface area contributed by atoms with Gasteiger partial charge in [0.15, 0.2) is 0 Å². The summed E-state index contributed by atoms with van der Waals surface area (Å²) >= 11 is 6.69. The number of thioether (sulfide) groups is 1. The van der Waals surface area contributed by atoms with E-state index in [0.29, 0.717) is 5.75 Å². The lowest BCUT2D eigenvalue weighted by molar-refractivity contribution is -0.138. The Morgan fingerprint density at radius 1 is 1.64 bits per heavy atom. The molecule has 1 saturated heterocycles. The second kappa shape index (κ2) is 4.22. The highest BCUT2D eigenvalue weighted by Gasteiger charge is 2.31. The van der Waals surface area contributed by atoms with Gasteiger partial charge in [0, 0.05) is 21.2 Å². The van der Waals surface area contributed by atoms with Gasteiger partial charge in [-0.1, -0.05) is 0 Å². The van der Waals surface area contributed by atoms with Crippen LogP contribution in [0.4, 0.5) is 0 Å². The summed E-state index contributed by atoms with van der Waals surface area (Å²) in [7, 11) is 0. The Labute approximate surface area is 98.0 Å². The number of hydrogen-bond donors (Lipinski definition) is 2. The van der Waals surface area contributed by atoms with E-state index in [1.54, 1.807) is 23.1 Å². The maximum absolute atomic E-state index is 10.7. The highest BCUT2D eigenvalue weighted by Crippen LogP contribution is 2.38. The van der Waals surface area contributed by atoms with Crippen LogP contribution in [-0.2, 0) is 4.79 Å². The normalized spacial score (nSPS) is 26.6. The van der Waals surface area contributed by atoms with E-state index in [9.17, 15) is 4.79 Å². The Kier molecular flexibility index (Phi) is 3.16. The molecule has 14 heavy (non-hydrogen) atoms. The first-order valence-corrected chi connectivity index (χ1v) is 6.79. The predicted octanol–water partition coefficient (Wildman–Crippen LogP) is 2.30. The summed E-state index contributed by atoms with van der Waals surface area (Å²) in [4.78, 5) is 10.7. The highest BCUT2D eigenvalue weighted by molar-refractivity contribution is 9.10. The first kappa shape index (κ1) is 10.5. The van der Waals surface area contributed by atoms with Gasteiger partial charge < -0.3 is 5.11 Å². The van der Waals surface area contributed by atoms with Crippen LogP contribution < -0.4 is 5.32 Å². The number of carbonyl (C=O) groups is 1. The number of rotatable bonds is 2. The minimum Gasteiger partial charge on any atom is -0.480 e. The van der Waals surface area contributed by atoms with Crippen LogP contribution >= 0.6 is 39.0 Å². The smallest absolute Gasteiger partial charge is 0.321 e. The fraction of sp³-hybridized carbons (Fsp3) is 0.375. The third kappa shape index (κ3) is 1.98. The third-order valence-electron chi connectivity index (χ3n) is 2.00. The van der Waals surface area contributed by atoms with E-state index in [4.69, 9.17) is 5.11 Å². The van der Waals surface area contributed by atoms with Gasteiger partial charge in [-0.3, -0.25) is 10.1 Å². The largest absolute Gasteiger partial charge is 0.480 e. The van der Waals surface area contributed by atoms with Crippen LogP contribution in [0.2, 0.25) is 0 Å². The van der Waals surface area contributed by atoms with Gasteiger partial charge in [-0.15, -0.1) is 11.8 Å². The number of carboxylic acid groups (broad SMARTS) is 1. The fourth-order valence-corrected chi connectivity index (χ4v) is 4.32. The van der Waals surface area contributed by atoms with Crippen molar-refractivity contribution in [1.29, 1.82) is 0 Å². The topological polar surface area (TPSA) is 49.3 Å². The van der Waals surface area contributed by atoms with Crippen molar-refractivity contribution in [3.63, 3.8) is 0 Å². The Balaban J connectivity index is 2.10. The lowest BCUT2D eigenvalue weighted by atomic mass is 10.3. The van der Waals surface area contributed by atoms with Crippen LogP contribution in [0.3, 0.4) is 0 Å². The third-order valence-corrected chi connectivity index (χ3v) is 5.01. The molecule has 0 radical (unpaired) electrons. The molecule has 1 aromatic heterocycles. The monoisotopic (exact) mass is 293 g/mol. The molecule has 2 unspecified atom stereocenters. The Hall–Kier alpha value is -0.0400. The minimum atomic E-state index is -0.772. The molecule has 76 valence electrons. The van der Waals surface area contributed by atoms with E-state index in [1.165, 1.54) is 0 Å². The standard InChI is InChI=1S/C8H8BrNO2S2/c9-5-2-13-1-4(5)7-10-6(3-14-7)8(11)12/h1-2,6-7,10H,3H2,(H,11,12). The molecule has 0 spiro atoms. The van der Waals surface area contributed by atoms with Crippen molar-refractivity contribution in [1.82, 2.24) is 5.32 Å². The molecule has 6 heteroatoms. The summed E-state index contributed by atoms with van der Waals surface area (Å²) in [5.41, 5.74) is 1.14. The molecule has 2 heterocycles. The maximum Gasteiger partial charge on any atom is 0.321 e. The molecule has 0 aromatic carbocycles. The van der Waals surface area contributed by atoms with E-state index < -0.39 is 12.0 Å². The van der Waals surface area contributed by atoms with Crippen LogP contribution in [0, 0.1) is 0 Å². The van der Waals surface area contributed by atoms with Crippen molar-refractivity contribution in [3.8, 4) is 0 Å². The minimum absolute atomic E-state index is 0.108. The molecule has 2 atom stereocenters. The first-order chi connectivity index (χ1) is 6.68. The Morgan fingerprint density at radius 2 is 2.43 bits per heavy atom. The average molecular weight is 294 g/mol. The quantitative estimate of drug-likeness (QED) is 0.878. The van der Waals surface area contributed by atoms with Crippen molar-refractivity contribution in [2.24, 2.45) is 0 Å². The molecule has 1 fully saturated rings. The summed E-state index contributed by atoms with van der Waals surface area (Å²) in [6.45, 7) is 0. The molecule has 3 nitrogen and oxygen atoms in total. The molecule has 1 aliphatic heterocycles. The van der Waals surface area contributed by atoms with Gasteiger partial charge in [-0.05, 0) is 21.3 Å². The summed E-state index contributed by atoms with van der Waals surface area (Å²) in [6, 6.07) is -0.420. The van der Waals surface area contributed by atoms with E-state index in [1.807, 2.05) is 10.8 Å². The van der Waals surface area contributed by atoms with Gasteiger partial charge in [0.25, 0.3) is 0 Å². The number of hydrogen-bond acceptors (Lipinski definition) is 4. The van der Waals surface area contributed by atoms with Crippen molar-refractivity contribution in [3.05, 3.63) is 20.8 Å². The number of nitrogens with one attached hydrogen (secondary N) is 1. The number of carboxylic acids is 1. The summed E-state index contributed by atoms with van der Waals surface area (Å²) < 4.78 is 1.05. The molecule has 2 rings (SSSR count). The average Bonchev–Trinajstić information content (AvgIpc) is 2.71. The Bertz CT molecular complexity index is 355. The second-order valence-corrected chi connectivity index (χ2v) is 5.68. The summed E-state index contributed by atoms with van der Waals surface area (Å²) in [5.74, 6) is -0.145. The van der Waals surface area contributed by atoms with Crippen LogP contribution in [0.15, 0.2) is 15.2 Å². The SMILES string of the molecule is O=C(O)C1CSC(c2cscc2Br)N1. The first-order valence-electron chi connectivity index (χ1n) is 4.00. The van der Waals surface area contributed by atoms with E-state index in [0.717, 1.165) is 10.0 Å². The van der Waals surface area contributed by atoms with Crippen LogP contribution in [0.25, 0.3) is 0 Å². The number of halogens is 1. The van der Waals surface area contributed by atoms with Crippen molar-refractivity contribution >= 4 is 45.0 Å². The van der Waals surface area contributed by atoms with E-state index in [-0.39, 0.29) is 5.37 Å². The molecule has 0 saturated carbocycles. The van der Waals surface area contributed by atoms with Crippen LogP contribution in [0.5, 0.6) is 0 Å². The molecular formula is C8H8BrNO2S2. The van der Waals surface area contributed by atoms with Crippen molar-refractivity contribution < 1.29 is 9.90 Å². The van der Waals surface area contributed by atoms with Crippen LogP contribution in [0.1, 0.15) is 10.9 Å². The summed E-state index contributed by atoms with van der Waals surface area (Å²) in [6.07, 6.45) is 0. The van der Waals surface area contributed by atoms with Gasteiger partial charge >= 0.3 is 5.97 Å². The number of thiophene rings is 1. The number of aliphatic carboxylic acids is 1. The molecule has 0 bridgehead atoms. The summed E-state index contributed by atoms with van der Waals surface area (Å²) in [5, 5.41) is 16.0. The van der Waals surface area contributed by atoms with Crippen molar-refractivity contribution in [2.75, 3.05) is 5.75 Å². The van der Waals surface area contributed by atoms with Gasteiger partial charge in [-0.25, -0.2) is 0 Å². The zero-order chi connectivity index (χ0) is 10.1. The van der Waals surface area contributed by atoms with Gasteiger partial charge in [0.2, 0.25) is 0 Å². The molecule has 1 aliphatic rings. The van der Waals surface area contributed by atoms with Gasteiger partial charge in [-0.2, -0.15) is 11.3 Å².